The van der Waals surface area contributed by atoms with Crippen LogP contribution in [0.1, 0.15) is 19.4 Å². The molecule has 1 aromatic carbocycles. The summed E-state index contributed by atoms with van der Waals surface area (Å²) in [6.45, 7) is 3.32. The van der Waals surface area contributed by atoms with Crippen molar-refractivity contribution in [3.8, 4) is 5.75 Å². The molecule has 0 amide bonds. The maximum absolute atomic E-state index is 11.2. The van der Waals surface area contributed by atoms with Crippen LogP contribution in [0, 0.1) is 0 Å². The second-order valence-corrected chi connectivity index (χ2v) is 3.87. The molecule has 1 aromatic rings. The number of ether oxygens (including phenoxy) is 1. The molecule has 0 aliphatic heterocycles. The number of ketones is 1. The molecule has 0 aliphatic rings. The summed E-state index contributed by atoms with van der Waals surface area (Å²) in [4.78, 5) is 15.3. The monoisotopic (exact) mass is 247 g/mol. The average Bonchev–Trinajstić information content (AvgIpc) is 2.34. The molecule has 0 saturated carbocycles. The molecule has 4 nitrogen and oxygen atoms in total. The van der Waals surface area contributed by atoms with Gasteiger partial charge in [-0.25, -0.2) is 0 Å². The summed E-state index contributed by atoms with van der Waals surface area (Å²) < 4.78 is 5.05. The van der Waals surface area contributed by atoms with Crippen LogP contribution >= 0.6 is 0 Å². The van der Waals surface area contributed by atoms with Crippen LogP contribution in [-0.2, 0) is 11.3 Å². The number of allylic oxidation sites excluding steroid dienone is 2. The lowest BCUT2D eigenvalue weighted by Gasteiger charge is -2.01. The van der Waals surface area contributed by atoms with E-state index in [0.29, 0.717) is 6.54 Å². The van der Waals surface area contributed by atoms with Gasteiger partial charge in [-0.2, -0.15) is 0 Å². The van der Waals surface area contributed by atoms with Gasteiger partial charge in [0, 0.05) is 6.21 Å². The van der Waals surface area contributed by atoms with Gasteiger partial charge in [-0.05, 0) is 31.5 Å². The number of hydrogen-bond donors (Lipinski definition) is 1. The number of carbonyl (C=O) groups excluding carboxylic acids is 1. The summed E-state index contributed by atoms with van der Waals surface area (Å²) in [5.74, 6) is 0.577. The van der Waals surface area contributed by atoms with E-state index in [2.05, 4.69) is 4.99 Å². The first kappa shape index (κ1) is 14.0. The zero-order chi connectivity index (χ0) is 13.5. The minimum atomic E-state index is -0.200. The van der Waals surface area contributed by atoms with Gasteiger partial charge >= 0.3 is 0 Å². The van der Waals surface area contributed by atoms with E-state index < -0.39 is 0 Å². The van der Waals surface area contributed by atoms with E-state index in [1.807, 2.05) is 24.3 Å². The summed E-state index contributed by atoms with van der Waals surface area (Å²) in [7, 11) is 1.61. The highest BCUT2D eigenvalue weighted by Gasteiger charge is 2.04. The first-order valence-electron chi connectivity index (χ1n) is 5.58. The Bertz CT molecular complexity index is 468. The number of Topliss-reactive ketones (excluding diaryl/α,β-unsaturated/α-hetero) is 1. The normalized spacial score (nSPS) is 12.4. The fourth-order valence-electron chi connectivity index (χ4n) is 1.41. The number of rotatable bonds is 5. The molecule has 1 rings (SSSR count). The minimum Gasteiger partial charge on any atom is -0.512 e. The van der Waals surface area contributed by atoms with Crippen LogP contribution in [0.15, 0.2) is 40.6 Å². The Morgan fingerprint density at radius 2 is 1.94 bits per heavy atom. The predicted molar refractivity (Wildman–Crippen MR) is 71.2 cm³/mol. The Morgan fingerprint density at radius 1 is 1.33 bits per heavy atom. The maximum atomic E-state index is 11.2. The molecular formula is C14H17NO3. The Hall–Kier alpha value is -2.10. The van der Waals surface area contributed by atoms with Crippen molar-refractivity contribution in [2.24, 2.45) is 4.99 Å². The number of aliphatic hydroxyl groups is 1. The predicted octanol–water partition coefficient (Wildman–Crippen LogP) is 2.69. The smallest absolute Gasteiger partial charge is 0.164 e. The highest BCUT2D eigenvalue weighted by molar-refractivity contribution is 6.12. The SMILES string of the molecule is COc1ccc(CN=C/C(C(C)=O)=C(/C)O)cc1. The molecule has 0 radical (unpaired) electrons. The third-order valence-corrected chi connectivity index (χ3v) is 2.42. The molecule has 18 heavy (non-hydrogen) atoms. The van der Waals surface area contributed by atoms with Crippen molar-refractivity contribution < 1.29 is 14.6 Å². The lowest BCUT2D eigenvalue weighted by Crippen LogP contribution is -2.01. The molecule has 0 heterocycles. The van der Waals surface area contributed by atoms with E-state index in [-0.39, 0.29) is 17.1 Å². The van der Waals surface area contributed by atoms with E-state index in [9.17, 15) is 9.90 Å². The van der Waals surface area contributed by atoms with E-state index in [1.54, 1.807) is 7.11 Å². The molecule has 0 fully saturated rings. The summed E-state index contributed by atoms with van der Waals surface area (Å²) >= 11 is 0. The Kier molecular flexibility index (Phi) is 5.11. The molecule has 0 aromatic heterocycles. The van der Waals surface area contributed by atoms with E-state index in [0.717, 1.165) is 11.3 Å². The minimum absolute atomic E-state index is 0.0130. The van der Waals surface area contributed by atoms with Crippen molar-refractivity contribution in [2.45, 2.75) is 20.4 Å². The number of benzene rings is 1. The maximum Gasteiger partial charge on any atom is 0.164 e. The summed E-state index contributed by atoms with van der Waals surface area (Å²) in [6, 6.07) is 7.51. The van der Waals surface area contributed by atoms with Crippen LogP contribution in [0.2, 0.25) is 0 Å². The van der Waals surface area contributed by atoms with Gasteiger partial charge in [-0.1, -0.05) is 12.1 Å². The highest BCUT2D eigenvalue weighted by Crippen LogP contribution is 2.12. The first-order chi connectivity index (χ1) is 8.54. The van der Waals surface area contributed by atoms with Crippen molar-refractivity contribution in [1.82, 2.24) is 0 Å². The third-order valence-electron chi connectivity index (χ3n) is 2.42. The Balaban J connectivity index is 2.69. The average molecular weight is 247 g/mol. The number of methoxy groups -OCH3 is 1. The molecule has 1 N–H and O–H groups in total. The lowest BCUT2D eigenvalue weighted by atomic mass is 10.2. The van der Waals surface area contributed by atoms with Crippen LogP contribution in [0.4, 0.5) is 0 Å². The second kappa shape index (κ2) is 6.59. The largest absolute Gasteiger partial charge is 0.512 e. The van der Waals surface area contributed by atoms with Gasteiger partial charge in [0.1, 0.15) is 11.5 Å². The Labute approximate surface area is 107 Å². The summed E-state index contributed by atoms with van der Waals surface area (Å²) in [5, 5.41) is 9.30. The van der Waals surface area contributed by atoms with Gasteiger partial charge < -0.3 is 9.84 Å². The van der Waals surface area contributed by atoms with Gasteiger partial charge in [0.2, 0.25) is 0 Å². The summed E-state index contributed by atoms with van der Waals surface area (Å²) in [5.41, 5.74) is 1.24. The van der Waals surface area contributed by atoms with Gasteiger partial charge in [0.15, 0.2) is 5.78 Å². The number of aliphatic imine (C=N–C) groups is 1. The quantitative estimate of drug-likeness (QED) is 0.494. The zero-order valence-electron chi connectivity index (χ0n) is 10.8. The van der Waals surface area contributed by atoms with E-state index in [4.69, 9.17) is 4.74 Å². The molecule has 0 aliphatic carbocycles. The van der Waals surface area contributed by atoms with Crippen LogP contribution in [0.3, 0.4) is 0 Å². The number of carbonyl (C=O) groups is 1. The number of nitrogens with zero attached hydrogens (tertiary/aromatic N) is 1. The van der Waals surface area contributed by atoms with Crippen molar-refractivity contribution in [3.05, 3.63) is 41.2 Å². The van der Waals surface area contributed by atoms with Crippen molar-refractivity contribution >= 4 is 12.0 Å². The van der Waals surface area contributed by atoms with Crippen LogP contribution in [-0.4, -0.2) is 24.2 Å². The fourth-order valence-corrected chi connectivity index (χ4v) is 1.41. The second-order valence-electron chi connectivity index (χ2n) is 3.87. The highest BCUT2D eigenvalue weighted by atomic mass is 16.5. The lowest BCUT2D eigenvalue weighted by molar-refractivity contribution is -0.113. The topological polar surface area (TPSA) is 58.9 Å². The molecule has 4 heteroatoms. The molecule has 0 atom stereocenters. The molecule has 0 saturated heterocycles. The molecule has 0 spiro atoms. The van der Waals surface area contributed by atoms with Gasteiger partial charge in [-0.15, -0.1) is 0 Å². The first-order valence-corrected chi connectivity index (χ1v) is 5.58. The summed E-state index contributed by atoms with van der Waals surface area (Å²) in [6.07, 6.45) is 1.40. The van der Waals surface area contributed by atoms with Crippen LogP contribution < -0.4 is 4.74 Å². The van der Waals surface area contributed by atoms with Crippen molar-refractivity contribution in [3.63, 3.8) is 0 Å². The number of aliphatic hydroxyl groups excluding tert-OH is 1. The molecule has 0 bridgehead atoms. The van der Waals surface area contributed by atoms with Crippen molar-refractivity contribution in [2.75, 3.05) is 7.11 Å². The number of hydrogen-bond acceptors (Lipinski definition) is 4. The Morgan fingerprint density at radius 3 is 2.39 bits per heavy atom. The zero-order valence-corrected chi connectivity index (χ0v) is 10.8. The fraction of sp³-hybridized carbons (Fsp3) is 0.286. The molecular weight excluding hydrogens is 230 g/mol. The standard InChI is InChI=1S/C14H17NO3/c1-10(16)14(11(2)17)9-15-8-12-4-6-13(18-3)7-5-12/h4-7,9,16H,8H2,1-3H3/b14-10+,15-9?. The molecule has 96 valence electrons. The van der Waals surface area contributed by atoms with E-state index >= 15 is 0 Å². The van der Waals surface area contributed by atoms with Crippen LogP contribution in [0.25, 0.3) is 0 Å². The van der Waals surface area contributed by atoms with Crippen molar-refractivity contribution in [1.29, 1.82) is 0 Å². The van der Waals surface area contributed by atoms with E-state index in [1.165, 1.54) is 20.1 Å². The van der Waals surface area contributed by atoms with Crippen LogP contribution in [0.5, 0.6) is 5.75 Å². The molecule has 0 unspecified atom stereocenters. The van der Waals surface area contributed by atoms with Gasteiger partial charge in [0.25, 0.3) is 0 Å². The third kappa shape index (κ3) is 4.05. The van der Waals surface area contributed by atoms with Gasteiger partial charge in [-0.3, -0.25) is 9.79 Å². The van der Waals surface area contributed by atoms with Gasteiger partial charge in [0.05, 0.1) is 19.2 Å².